The lowest BCUT2D eigenvalue weighted by molar-refractivity contribution is -0.00956. The van der Waals surface area contributed by atoms with Crippen molar-refractivity contribution in [1.82, 2.24) is 0 Å². The molecule has 106 valence electrons. The lowest BCUT2D eigenvalue weighted by Crippen LogP contribution is -2.34. The Kier molecular flexibility index (Phi) is 5.04. The van der Waals surface area contributed by atoms with E-state index in [9.17, 15) is 22.0 Å². The van der Waals surface area contributed by atoms with Crippen LogP contribution in [-0.2, 0) is 14.9 Å². The number of carbonyl (C=O) groups excluding carboxylic acids is 1. The molecule has 0 aliphatic rings. The molecule has 1 aromatic rings. The Labute approximate surface area is 123 Å². The number of hydrogen-bond donors (Lipinski definition) is 1. The van der Waals surface area contributed by atoms with Crippen LogP contribution in [0.4, 0.5) is 8.78 Å². The Morgan fingerprint density at radius 2 is 1.95 bits per heavy atom. The molecular weight excluding hydrogens is 418 g/mol. The fraction of sp³-hybridized carbons (Fsp3) is 0.222. The summed E-state index contributed by atoms with van der Waals surface area (Å²) in [6, 6.07) is 4.25. The highest BCUT2D eigenvalue weighted by atomic mass is 79.9. The third-order valence-corrected chi connectivity index (χ3v) is 3.92. The van der Waals surface area contributed by atoms with Gasteiger partial charge in [0.2, 0.25) is 0 Å². The highest BCUT2D eigenvalue weighted by Crippen LogP contribution is 2.25. The van der Waals surface area contributed by atoms with E-state index in [0.29, 0.717) is 4.47 Å². The van der Waals surface area contributed by atoms with Crippen LogP contribution in [0.2, 0.25) is 0 Å². The molecule has 1 N–H and O–H groups in total. The average molecular weight is 424 g/mol. The van der Waals surface area contributed by atoms with Gasteiger partial charge < -0.3 is 4.74 Å². The second-order valence-electron chi connectivity index (χ2n) is 3.31. The fourth-order valence-electron chi connectivity index (χ4n) is 0.957. The number of halogens is 4. The molecule has 0 heterocycles. The maximum atomic E-state index is 12.8. The number of benzene rings is 1. The second kappa shape index (κ2) is 5.81. The van der Waals surface area contributed by atoms with Crippen LogP contribution in [0, 0.1) is 0 Å². The Hall–Kier alpha value is -0.580. The maximum absolute atomic E-state index is 12.8. The van der Waals surface area contributed by atoms with Gasteiger partial charge in [-0.25, -0.2) is 4.79 Å². The first-order valence-corrected chi connectivity index (χ1v) is 7.54. The van der Waals surface area contributed by atoms with E-state index in [4.69, 9.17) is 4.55 Å². The first-order chi connectivity index (χ1) is 8.54. The SMILES string of the molecule is O=C(OCC(F)(F)S(=O)(=O)O)c1ccc(Br)cc1Br. The van der Waals surface area contributed by atoms with Crippen LogP contribution in [0.15, 0.2) is 27.1 Å². The summed E-state index contributed by atoms with van der Waals surface area (Å²) in [6.45, 7) is -1.77. The minimum Gasteiger partial charge on any atom is -0.454 e. The monoisotopic (exact) mass is 422 g/mol. The zero-order valence-corrected chi connectivity index (χ0v) is 12.9. The zero-order valence-electron chi connectivity index (χ0n) is 8.94. The van der Waals surface area contributed by atoms with Crippen molar-refractivity contribution in [3.63, 3.8) is 0 Å². The maximum Gasteiger partial charge on any atom is 0.402 e. The van der Waals surface area contributed by atoms with Crippen molar-refractivity contribution in [2.24, 2.45) is 0 Å². The molecule has 0 aromatic heterocycles. The Bertz CT molecular complexity index is 603. The Morgan fingerprint density at radius 3 is 2.42 bits per heavy atom. The fourth-order valence-corrected chi connectivity index (χ4v) is 2.37. The topological polar surface area (TPSA) is 80.7 Å². The molecular formula is C9H6Br2F2O5S. The predicted octanol–water partition coefficient (Wildman–Crippen LogP) is 2.85. The van der Waals surface area contributed by atoms with Gasteiger partial charge in [0.25, 0.3) is 0 Å². The summed E-state index contributed by atoms with van der Waals surface area (Å²) in [5.74, 6) is -1.15. The summed E-state index contributed by atoms with van der Waals surface area (Å²) >= 11 is 6.15. The van der Waals surface area contributed by atoms with E-state index in [1.54, 1.807) is 0 Å². The molecule has 10 heteroatoms. The molecule has 0 bridgehead atoms. The minimum absolute atomic E-state index is 0.0608. The van der Waals surface area contributed by atoms with Gasteiger partial charge in [-0.15, -0.1) is 0 Å². The van der Waals surface area contributed by atoms with Crippen molar-refractivity contribution in [2.75, 3.05) is 6.61 Å². The number of esters is 1. The molecule has 0 unspecified atom stereocenters. The number of hydrogen-bond acceptors (Lipinski definition) is 4. The summed E-state index contributed by atoms with van der Waals surface area (Å²) in [5.41, 5.74) is -0.0608. The van der Waals surface area contributed by atoms with Crippen molar-refractivity contribution in [3.05, 3.63) is 32.7 Å². The largest absolute Gasteiger partial charge is 0.454 e. The van der Waals surface area contributed by atoms with E-state index < -0.39 is 27.9 Å². The molecule has 0 atom stereocenters. The van der Waals surface area contributed by atoms with Gasteiger partial charge in [0.15, 0.2) is 6.61 Å². The van der Waals surface area contributed by atoms with E-state index >= 15 is 0 Å². The second-order valence-corrected chi connectivity index (χ2v) is 6.63. The molecule has 0 saturated carbocycles. The summed E-state index contributed by atoms with van der Waals surface area (Å²) in [6.07, 6.45) is 0. The average Bonchev–Trinajstić information content (AvgIpc) is 2.24. The first-order valence-electron chi connectivity index (χ1n) is 4.51. The van der Waals surface area contributed by atoms with Crippen LogP contribution in [0.5, 0.6) is 0 Å². The molecule has 0 radical (unpaired) electrons. The zero-order chi connectivity index (χ0) is 14.8. The number of rotatable bonds is 4. The van der Waals surface area contributed by atoms with E-state index in [-0.39, 0.29) is 10.0 Å². The van der Waals surface area contributed by atoms with Gasteiger partial charge in [0, 0.05) is 8.95 Å². The predicted molar refractivity (Wildman–Crippen MR) is 68.6 cm³/mol. The van der Waals surface area contributed by atoms with Crippen molar-refractivity contribution >= 4 is 47.9 Å². The van der Waals surface area contributed by atoms with Gasteiger partial charge in [-0.2, -0.15) is 17.2 Å². The standard InChI is InChI=1S/C9H6Br2F2O5S/c10-5-1-2-6(7(11)3-5)8(14)18-4-9(12,13)19(15,16)17/h1-3H,4H2,(H,15,16,17). The number of carbonyl (C=O) groups is 1. The van der Waals surface area contributed by atoms with Crippen LogP contribution in [-0.4, -0.2) is 30.8 Å². The van der Waals surface area contributed by atoms with Crippen molar-refractivity contribution in [1.29, 1.82) is 0 Å². The minimum atomic E-state index is -5.63. The summed E-state index contributed by atoms with van der Waals surface area (Å²) in [4.78, 5) is 11.5. The molecule has 1 rings (SSSR count). The smallest absolute Gasteiger partial charge is 0.402 e. The van der Waals surface area contributed by atoms with Crippen LogP contribution < -0.4 is 0 Å². The number of ether oxygens (including phenoxy) is 1. The normalized spacial score (nSPS) is 12.3. The third-order valence-electron chi connectivity index (χ3n) is 1.90. The molecule has 1 aromatic carbocycles. The van der Waals surface area contributed by atoms with E-state index in [1.807, 2.05) is 0 Å². The summed E-state index contributed by atoms with van der Waals surface area (Å²) < 4.78 is 59.6. The van der Waals surface area contributed by atoms with Crippen molar-refractivity contribution in [3.8, 4) is 0 Å². The van der Waals surface area contributed by atoms with Gasteiger partial charge in [0.1, 0.15) is 0 Å². The van der Waals surface area contributed by atoms with Crippen molar-refractivity contribution < 1.29 is 31.3 Å². The highest BCUT2D eigenvalue weighted by molar-refractivity contribution is 9.11. The van der Waals surface area contributed by atoms with Gasteiger partial charge in [0.05, 0.1) is 5.56 Å². The highest BCUT2D eigenvalue weighted by Gasteiger charge is 2.45. The lowest BCUT2D eigenvalue weighted by atomic mass is 10.2. The van der Waals surface area contributed by atoms with Crippen LogP contribution in [0.3, 0.4) is 0 Å². The van der Waals surface area contributed by atoms with Gasteiger partial charge >= 0.3 is 21.3 Å². The molecule has 0 amide bonds. The molecule has 19 heavy (non-hydrogen) atoms. The lowest BCUT2D eigenvalue weighted by Gasteiger charge is -2.13. The molecule has 0 aliphatic carbocycles. The molecule has 0 spiro atoms. The van der Waals surface area contributed by atoms with Crippen LogP contribution >= 0.6 is 31.9 Å². The van der Waals surface area contributed by atoms with Crippen LogP contribution in [0.25, 0.3) is 0 Å². The summed E-state index contributed by atoms with van der Waals surface area (Å²) in [5, 5.41) is -4.55. The van der Waals surface area contributed by atoms with E-state index in [2.05, 4.69) is 36.6 Å². The molecule has 0 fully saturated rings. The molecule has 5 nitrogen and oxygen atoms in total. The Morgan fingerprint density at radius 1 is 1.37 bits per heavy atom. The van der Waals surface area contributed by atoms with Gasteiger partial charge in [-0.3, -0.25) is 4.55 Å². The van der Waals surface area contributed by atoms with E-state index in [1.165, 1.54) is 18.2 Å². The van der Waals surface area contributed by atoms with Crippen LogP contribution in [0.1, 0.15) is 10.4 Å². The quantitative estimate of drug-likeness (QED) is 0.594. The third kappa shape index (κ3) is 4.20. The van der Waals surface area contributed by atoms with E-state index in [0.717, 1.165) is 0 Å². The Balaban J connectivity index is 2.82. The van der Waals surface area contributed by atoms with Gasteiger partial charge in [-0.1, -0.05) is 15.9 Å². The molecule has 0 aliphatic heterocycles. The molecule has 0 saturated heterocycles. The number of alkyl halides is 2. The summed E-state index contributed by atoms with van der Waals surface area (Å²) in [7, 11) is -5.63. The first kappa shape index (κ1) is 16.5. The van der Waals surface area contributed by atoms with Gasteiger partial charge in [-0.05, 0) is 34.1 Å². The van der Waals surface area contributed by atoms with Crippen molar-refractivity contribution in [2.45, 2.75) is 5.25 Å².